The number of nitrogens with zero attached hydrogens (tertiary/aromatic N) is 5. The van der Waals surface area contributed by atoms with Gasteiger partial charge < -0.3 is 5.32 Å². The number of amides is 1. The number of thioether (sulfide) groups is 1. The molecule has 1 N–H and O–H groups in total. The van der Waals surface area contributed by atoms with Crippen LogP contribution in [0.3, 0.4) is 0 Å². The van der Waals surface area contributed by atoms with E-state index in [1.54, 1.807) is 4.68 Å². The molecule has 0 atom stereocenters. The number of fused-ring (bicyclic) bond motifs is 1. The summed E-state index contributed by atoms with van der Waals surface area (Å²) in [6.45, 7) is 0. The van der Waals surface area contributed by atoms with Gasteiger partial charge in [0.1, 0.15) is 0 Å². The topological polar surface area (TPSA) is 85.6 Å². The number of carbonyl (C=O) groups is 1. The van der Waals surface area contributed by atoms with Crippen molar-refractivity contribution in [2.75, 3.05) is 11.1 Å². The Kier molecular flexibility index (Phi) is 5.53. The lowest BCUT2D eigenvalue weighted by Gasteiger charge is -2.04. The van der Waals surface area contributed by atoms with Gasteiger partial charge in [0.25, 0.3) is 0 Å². The molecule has 11 heteroatoms. The Bertz CT molecular complexity index is 1110. The molecule has 0 spiro atoms. The molecule has 4 aromatic rings. The minimum absolute atomic E-state index is 0.163. The first-order valence-electron chi connectivity index (χ1n) is 7.61. The largest absolute Gasteiger partial charge is 0.301 e. The number of aromatic nitrogens is 5. The van der Waals surface area contributed by atoms with E-state index in [0.717, 1.165) is 24.8 Å². The third kappa shape index (κ3) is 4.37. The first-order chi connectivity index (χ1) is 13.1. The number of carbonyl (C=O) groups excluding carboxylic acids is 1. The lowest BCUT2D eigenvalue weighted by Crippen LogP contribution is -2.14. The van der Waals surface area contributed by atoms with E-state index in [-0.39, 0.29) is 11.7 Å². The molecule has 2 aromatic carbocycles. The van der Waals surface area contributed by atoms with Crippen molar-refractivity contribution in [3.8, 4) is 5.69 Å². The summed E-state index contributed by atoms with van der Waals surface area (Å²) in [5, 5.41) is 15.6. The minimum Gasteiger partial charge on any atom is -0.301 e. The summed E-state index contributed by atoms with van der Waals surface area (Å²) in [5.41, 5.74) is 1.67. The van der Waals surface area contributed by atoms with E-state index in [1.807, 2.05) is 42.5 Å². The number of hydrogen-bond acceptors (Lipinski definition) is 7. The maximum Gasteiger partial charge on any atom is 0.236 e. The molecule has 0 radical (unpaired) electrons. The van der Waals surface area contributed by atoms with Crippen LogP contribution < -0.4 is 5.32 Å². The summed E-state index contributed by atoms with van der Waals surface area (Å²) in [7, 11) is 0. The molecule has 27 heavy (non-hydrogen) atoms. The van der Waals surface area contributed by atoms with Crippen LogP contribution in [-0.2, 0) is 4.79 Å². The maximum absolute atomic E-state index is 12.3. The van der Waals surface area contributed by atoms with Gasteiger partial charge in [-0.15, -0.1) is 5.10 Å². The van der Waals surface area contributed by atoms with Gasteiger partial charge in [-0.2, -0.15) is 4.68 Å². The molecular weight excluding hydrogens is 516 g/mol. The van der Waals surface area contributed by atoms with Crippen molar-refractivity contribution in [2.24, 2.45) is 0 Å². The molecule has 0 fully saturated rings. The van der Waals surface area contributed by atoms with Crippen LogP contribution in [0.1, 0.15) is 0 Å². The Morgan fingerprint density at radius 3 is 2.74 bits per heavy atom. The van der Waals surface area contributed by atoms with Crippen LogP contribution in [0.15, 0.2) is 56.6 Å². The molecule has 136 valence electrons. The van der Waals surface area contributed by atoms with Crippen molar-refractivity contribution in [3.05, 3.63) is 51.4 Å². The van der Waals surface area contributed by atoms with Crippen LogP contribution in [0.2, 0.25) is 0 Å². The zero-order valence-electron chi connectivity index (χ0n) is 13.5. The molecule has 0 bridgehead atoms. The van der Waals surface area contributed by atoms with E-state index in [1.165, 1.54) is 23.1 Å². The summed E-state index contributed by atoms with van der Waals surface area (Å²) in [5.74, 6) is 0.0137. The Hall–Kier alpha value is -1.82. The van der Waals surface area contributed by atoms with Crippen molar-refractivity contribution in [1.82, 2.24) is 25.2 Å². The van der Waals surface area contributed by atoms with Crippen LogP contribution >= 0.6 is 55.0 Å². The highest BCUT2D eigenvalue weighted by Gasteiger charge is 2.13. The number of rotatable bonds is 5. The van der Waals surface area contributed by atoms with Gasteiger partial charge in [0.2, 0.25) is 11.1 Å². The zero-order valence-corrected chi connectivity index (χ0v) is 18.3. The zero-order chi connectivity index (χ0) is 18.8. The SMILES string of the molecule is O=C(CSc1nnnn1-c1ccc(Br)cc1)Nc1nc2ccc(Br)cc2s1. The third-order valence-corrected chi connectivity index (χ3v) is 6.32. The van der Waals surface area contributed by atoms with Crippen molar-refractivity contribution in [3.63, 3.8) is 0 Å². The van der Waals surface area contributed by atoms with Crippen LogP contribution in [-0.4, -0.2) is 36.9 Å². The summed E-state index contributed by atoms with van der Waals surface area (Å²) >= 11 is 9.53. The average Bonchev–Trinajstić information content (AvgIpc) is 3.26. The number of nitrogens with one attached hydrogen (secondary N) is 1. The molecule has 0 aliphatic heterocycles. The van der Waals surface area contributed by atoms with Crippen LogP contribution in [0, 0.1) is 0 Å². The molecular formula is C16H10Br2N6OS2. The van der Waals surface area contributed by atoms with Gasteiger partial charge in [-0.25, -0.2) is 4.98 Å². The summed E-state index contributed by atoms with van der Waals surface area (Å²) < 4.78 is 4.55. The molecule has 0 aliphatic rings. The number of thiazole rings is 1. The molecule has 0 unspecified atom stereocenters. The van der Waals surface area contributed by atoms with Gasteiger partial charge in [-0.1, -0.05) is 55.0 Å². The van der Waals surface area contributed by atoms with E-state index in [9.17, 15) is 4.79 Å². The highest BCUT2D eigenvalue weighted by Crippen LogP contribution is 2.28. The highest BCUT2D eigenvalue weighted by atomic mass is 79.9. The van der Waals surface area contributed by atoms with E-state index in [0.29, 0.717) is 10.3 Å². The molecule has 2 aromatic heterocycles. The molecule has 0 saturated carbocycles. The molecule has 2 heterocycles. The van der Waals surface area contributed by atoms with Crippen LogP contribution in [0.4, 0.5) is 5.13 Å². The van der Waals surface area contributed by atoms with E-state index < -0.39 is 0 Å². The number of halogens is 2. The Labute approximate surface area is 178 Å². The lowest BCUT2D eigenvalue weighted by molar-refractivity contribution is -0.113. The Morgan fingerprint density at radius 2 is 1.93 bits per heavy atom. The predicted octanol–water partition coefficient (Wildman–Crippen LogP) is 4.53. The molecule has 0 saturated heterocycles. The van der Waals surface area contributed by atoms with Gasteiger partial charge in [0.05, 0.1) is 21.7 Å². The second-order valence-corrected chi connectivity index (χ2v) is 9.12. The number of benzene rings is 2. The fourth-order valence-electron chi connectivity index (χ4n) is 2.25. The van der Waals surface area contributed by atoms with Crippen LogP contribution in [0.5, 0.6) is 0 Å². The summed E-state index contributed by atoms with van der Waals surface area (Å²) in [6, 6.07) is 13.4. The van der Waals surface area contributed by atoms with Crippen molar-refractivity contribution in [2.45, 2.75) is 5.16 Å². The van der Waals surface area contributed by atoms with Gasteiger partial charge in [-0.3, -0.25) is 4.79 Å². The fourth-order valence-corrected chi connectivity index (χ4v) is 4.64. The third-order valence-electron chi connectivity index (χ3n) is 3.44. The summed E-state index contributed by atoms with van der Waals surface area (Å²) in [6.07, 6.45) is 0. The average molecular weight is 526 g/mol. The van der Waals surface area contributed by atoms with Gasteiger partial charge >= 0.3 is 0 Å². The molecule has 1 amide bonds. The first kappa shape index (κ1) is 18.5. The predicted molar refractivity (Wildman–Crippen MR) is 114 cm³/mol. The van der Waals surface area contributed by atoms with E-state index >= 15 is 0 Å². The molecule has 7 nitrogen and oxygen atoms in total. The second-order valence-electron chi connectivity index (χ2n) is 5.32. The van der Waals surface area contributed by atoms with E-state index in [4.69, 9.17) is 0 Å². The van der Waals surface area contributed by atoms with Crippen molar-refractivity contribution in [1.29, 1.82) is 0 Å². The molecule has 0 aliphatic carbocycles. The fraction of sp³-hybridized carbons (Fsp3) is 0.0625. The van der Waals surface area contributed by atoms with E-state index in [2.05, 4.69) is 57.7 Å². The first-order valence-corrected chi connectivity index (χ1v) is 11.0. The number of hydrogen-bond donors (Lipinski definition) is 1. The van der Waals surface area contributed by atoms with Gasteiger partial charge in [0.15, 0.2) is 5.13 Å². The summed E-state index contributed by atoms with van der Waals surface area (Å²) in [4.78, 5) is 16.7. The number of anilines is 1. The second kappa shape index (κ2) is 8.05. The lowest BCUT2D eigenvalue weighted by atomic mass is 10.3. The minimum atomic E-state index is -0.163. The molecule has 4 rings (SSSR count). The number of tetrazole rings is 1. The quantitative estimate of drug-likeness (QED) is 0.385. The van der Waals surface area contributed by atoms with Crippen molar-refractivity contribution < 1.29 is 4.79 Å². The van der Waals surface area contributed by atoms with Crippen LogP contribution in [0.25, 0.3) is 15.9 Å². The smallest absolute Gasteiger partial charge is 0.236 e. The maximum atomic E-state index is 12.3. The highest BCUT2D eigenvalue weighted by molar-refractivity contribution is 9.10. The Balaban J connectivity index is 1.42. The monoisotopic (exact) mass is 524 g/mol. The van der Waals surface area contributed by atoms with Crippen molar-refractivity contribution >= 4 is 76.2 Å². The standard InChI is InChI=1S/C16H10Br2N6OS2/c17-9-1-4-11(5-2-9)24-16(21-22-23-24)26-8-14(25)20-15-19-12-6-3-10(18)7-13(12)27-15/h1-7H,8H2,(H,19,20,25). The Morgan fingerprint density at radius 1 is 1.15 bits per heavy atom. The van der Waals surface area contributed by atoms with Gasteiger partial charge in [-0.05, 0) is 52.9 Å². The van der Waals surface area contributed by atoms with Gasteiger partial charge in [0, 0.05) is 8.95 Å². The normalized spacial score (nSPS) is 11.0.